The van der Waals surface area contributed by atoms with Gasteiger partial charge in [-0.15, -0.1) is 0 Å². The molecule has 0 amide bonds. The fourth-order valence-electron chi connectivity index (χ4n) is 1.89. The first-order valence-corrected chi connectivity index (χ1v) is 7.27. The molecule has 2 rings (SSSR count). The lowest BCUT2D eigenvalue weighted by Crippen LogP contribution is -2.24. The van der Waals surface area contributed by atoms with E-state index in [0.29, 0.717) is 16.9 Å². The van der Waals surface area contributed by atoms with E-state index in [2.05, 4.69) is 22.0 Å². The Hall–Kier alpha value is -2.12. The molecule has 0 bridgehead atoms. The molecule has 4 heteroatoms. The molecule has 0 aromatic heterocycles. The third-order valence-electron chi connectivity index (χ3n) is 3.07. The van der Waals surface area contributed by atoms with Crippen molar-refractivity contribution in [3.63, 3.8) is 0 Å². The zero-order valence-corrected chi connectivity index (χ0v) is 13.3. The van der Waals surface area contributed by atoms with E-state index in [-0.39, 0.29) is 5.78 Å². The quantitative estimate of drug-likeness (QED) is 0.778. The normalized spacial score (nSPS) is 11.5. The maximum atomic E-state index is 12.3. The van der Waals surface area contributed by atoms with E-state index in [0.717, 1.165) is 10.0 Å². The molecule has 106 valence electrons. The molecule has 0 N–H and O–H groups in total. The van der Waals surface area contributed by atoms with Gasteiger partial charge in [-0.3, -0.25) is 4.79 Å². The second-order valence-corrected chi connectivity index (χ2v) is 5.66. The van der Waals surface area contributed by atoms with Crippen molar-refractivity contribution in [1.82, 2.24) is 0 Å². The lowest BCUT2D eigenvalue weighted by molar-refractivity contribution is 0.0817. The van der Waals surface area contributed by atoms with Gasteiger partial charge in [0.15, 0.2) is 6.10 Å². The minimum Gasteiger partial charge on any atom is -0.481 e. The summed E-state index contributed by atoms with van der Waals surface area (Å²) in [6, 6.07) is 14.5. The lowest BCUT2D eigenvalue weighted by Gasteiger charge is -2.15. The van der Waals surface area contributed by atoms with Crippen LogP contribution in [0.4, 0.5) is 0 Å². The molecule has 0 aliphatic rings. The van der Waals surface area contributed by atoms with Gasteiger partial charge in [0.1, 0.15) is 11.8 Å². The van der Waals surface area contributed by atoms with E-state index >= 15 is 0 Å². The van der Waals surface area contributed by atoms with Crippen LogP contribution in [0.5, 0.6) is 5.75 Å². The highest BCUT2D eigenvalue weighted by Gasteiger charge is 2.18. The summed E-state index contributed by atoms with van der Waals surface area (Å²) >= 11 is 3.30. The zero-order chi connectivity index (χ0) is 15.4. The van der Waals surface area contributed by atoms with Crippen LogP contribution in [0, 0.1) is 18.3 Å². The van der Waals surface area contributed by atoms with Gasteiger partial charge in [-0.05, 0) is 32.0 Å². The van der Waals surface area contributed by atoms with Gasteiger partial charge in [-0.25, -0.2) is 0 Å². The van der Waals surface area contributed by atoms with E-state index in [1.165, 1.54) is 0 Å². The average Bonchev–Trinajstić information content (AvgIpc) is 2.49. The number of Topliss-reactive ketones (excluding diaryl/α,β-unsaturated/α-hetero) is 1. The summed E-state index contributed by atoms with van der Waals surface area (Å²) < 4.78 is 6.44. The predicted molar refractivity (Wildman–Crippen MR) is 84.5 cm³/mol. The summed E-state index contributed by atoms with van der Waals surface area (Å²) in [6.07, 6.45) is -0.652. The van der Waals surface area contributed by atoms with Crippen LogP contribution < -0.4 is 4.74 Å². The van der Waals surface area contributed by atoms with Crippen LogP contribution >= 0.6 is 15.9 Å². The first-order valence-electron chi connectivity index (χ1n) is 6.48. The van der Waals surface area contributed by atoms with Crippen LogP contribution in [0.3, 0.4) is 0 Å². The smallest absolute Gasteiger partial charge is 0.202 e. The van der Waals surface area contributed by atoms with E-state index in [9.17, 15) is 4.79 Å². The molecule has 2 aromatic carbocycles. The number of halogens is 1. The maximum Gasteiger partial charge on any atom is 0.202 e. The molecule has 3 nitrogen and oxygen atoms in total. The van der Waals surface area contributed by atoms with Gasteiger partial charge < -0.3 is 4.74 Å². The van der Waals surface area contributed by atoms with Gasteiger partial charge in [0.25, 0.3) is 0 Å². The Balaban J connectivity index is 2.18. The van der Waals surface area contributed by atoms with Gasteiger partial charge in [0.05, 0.1) is 5.56 Å². The summed E-state index contributed by atoms with van der Waals surface area (Å²) in [6.45, 7) is 3.65. The summed E-state index contributed by atoms with van der Waals surface area (Å²) in [5.74, 6) is 0.301. The first kappa shape index (κ1) is 15.3. The highest BCUT2D eigenvalue weighted by atomic mass is 79.9. The van der Waals surface area contributed by atoms with Gasteiger partial charge in [-0.1, -0.05) is 45.8 Å². The van der Waals surface area contributed by atoms with Crippen molar-refractivity contribution in [2.24, 2.45) is 0 Å². The van der Waals surface area contributed by atoms with Gasteiger partial charge in [0, 0.05) is 10.0 Å². The first-order chi connectivity index (χ1) is 10.0. The third kappa shape index (κ3) is 3.71. The number of nitriles is 1. The summed E-state index contributed by atoms with van der Waals surface area (Å²) in [7, 11) is 0. The Bertz CT molecular complexity index is 702. The van der Waals surface area contributed by atoms with E-state index in [1.807, 2.05) is 19.1 Å². The van der Waals surface area contributed by atoms with Crippen molar-refractivity contribution in [2.45, 2.75) is 20.0 Å². The van der Waals surface area contributed by atoms with E-state index < -0.39 is 6.10 Å². The highest BCUT2D eigenvalue weighted by molar-refractivity contribution is 9.10. The summed E-state index contributed by atoms with van der Waals surface area (Å²) in [5.41, 5.74) is 2.09. The summed E-state index contributed by atoms with van der Waals surface area (Å²) in [5, 5.41) is 9.11. The minimum atomic E-state index is -0.652. The number of hydrogen-bond donors (Lipinski definition) is 0. The van der Waals surface area contributed by atoms with Gasteiger partial charge in [0.2, 0.25) is 5.78 Å². The fraction of sp³-hybridized carbons (Fsp3) is 0.176. The Morgan fingerprint density at radius 2 is 1.90 bits per heavy atom. The molecule has 2 aromatic rings. The van der Waals surface area contributed by atoms with Crippen LogP contribution in [0.25, 0.3) is 0 Å². The molecule has 1 unspecified atom stereocenters. The van der Waals surface area contributed by atoms with Crippen LogP contribution in [-0.2, 0) is 0 Å². The number of ketones is 1. The number of nitrogens with zero attached hydrogens (tertiary/aromatic N) is 1. The Labute approximate surface area is 132 Å². The molecule has 0 fully saturated rings. The van der Waals surface area contributed by atoms with Crippen molar-refractivity contribution in [2.75, 3.05) is 0 Å². The van der Waals surface area contributed by atoms with E-state index in [4.69, 9.17) is 10.00 Å². The molecule has 1 atom stereocenters. The van der Waals surface area contributed by atoms with Crippen molar-refractivity contribution < 1.29 is 9.53 Å². The summed E-state index contributed by atoms with van der Waals surface area (Å²) in [4.78, 5) is 12.3. The number of carbonyl (C=O) groups excluding carboxylic acids is 1. The number of rotatable bonds is 4. The number of carbonyl (C=O) groups is 1. The zero-order valence-electron chi connectivity index (χ0n) is 11.8. The number of ether oxygens (including phenoxy) is 1. The highest BCUT2D eigenvalue weighted by Crippen LogP contribution is 2.24. The van der Waals surface area contributed by atoms with Crippen LogP contribution in [-0.4, -0.2) is 11.9 Å². The monoisotopic (exact) mass is 343 g/mol. The largest absolute Gasteiger partial charge is 0.481 e. The number of benzene rings is 2. The molecule has 0 saturated carbocycles. The van der Waals surface area contributed by atoms with Crippen LogP contribution in [0.15, 0.2) is 46.9 Å². The third-order valence-corrected chi connectivity index (χ3v) is 3.56. The van der Waals surface area contributed by atoms with Crippen LogP contribution in [0.2, 0.25) is 0 Å². The molecule has 0 aliphatic heterocycles. The van der Waals surface area contributed by atoms with Crippen molar-refractivity contribution in [3.05, 3.63) is 63.6 Å². The van der Waals surface area contributed by atoms with Crippen LogP contribution in [0.1, 0.15) is 28.4 Å². The molecular weight excluding hydrogens is 330 g/mol. The Morgan fingerprint density at radius 1 is 1.24 bits per heavy atom. The molecule has 21 heavy (non-hydrogen) atoms. The van der Waals surface area contributed by atoms with Crippen molar-refractivity contribution in [3.8, 4) is 11.8 Å². The van der Waals surface area contributed by atoms with E-state index in [1.54, 1.807) is 37.3 Å². The second-order valence-electron chi connectivity index (χ2n) is 4.74. The topological polar surface area (TPSA) is 50.1 Å². The number of hydrogen-bond acceptors (Lipinski definition) is 3. The lowest BCUT2D eigenvalue weighted by atomic mass is 10.1. The van der Waals surface area contributed by atoms with Gasteiger partial charge >= 0.3 is 0 Å². The molecule has 0 radical (unpaired) electrons. The second kappa shape index (κ2) is 6.55. The van der Waals surface area contributed by atoms with Crippen molar-refractivity contribution in [1.29, 1.82) is 5.26 Å². The molecule has 0 spiro atoms. The van der Waals surface area contributed by atoms with Crippen molar-refractivity contribution >= 4 is 21.7 Å². The minimum absolute atomic E-state index is 0.109. The Kier molecular flexibility index (Phi) is 4.77. The standard InChI is InChI=1S/C17H14BrNO2/c1-11-3-5-13(6-4-11)17(20)12(2)21-16-8-7-15(18)9-14(16)10-19/h3-9,12H,1-2H3. The van der Waals surface area contributed by atoms with Gasteiger partial charge in [-0.2, -0.15) is 5.26 Å². The average molecular weight is 344 g/mol. The number of aryl methyl sites for hydroxylation is 1. The SMILES string of the molecule is Cc1ccc(C(=O)C(C)Oc2ccc(Br)cc2C#N)cc1. The fourth-order valence-corrected chi connectivity index (χ4v) is 2.25. The molecule has 0 saturated heterocycles. The molecule has 0 heterocycles. The molecule has 0 aliphatic carbocycles. The Morgan fingerprint density at radius 3 is 2.52 bits per heavy atom. The molecular formula is C17H14BrNO2. The predicted octanol–water partition coefficient (Wildman–Crippen LogP) is 4.28. The maximum absolute atomic E-state index is 12.3.